The summed E-state index contributed by atoms with van der Waals surface area (Å²) >= 11 is 0. The molecule has 19 heavy (non-hydrogen) atoms. The second-order valence-corrected chi connectivity index (χ2v) is 5.50. The molecule has 1 aliphatic carbocycles. The number of nitrogens with one attached hydrogen (secondary N) is 1. The average Bonchev–Trinajstić information content (AvgIpc) is 2.38. The smallest absolute Gasteiger partial charge is 0.143 e. The maximum atomic E-state index is 13.5. The van der Waals surface area contributed by atoms with E-state index in [1.807, 2.05) is 13.0 Å². The van der Waals surface area contributed by atoms with Crippen molar-refractivity contribution >= 4 is 5.69 Å². The lowest BCUT2D eigenvalue weighted by Crippen LogP contribution is -2.58. The lowest BCUT2D eigenvalue weighted by molar-refractivity contribution is -0.0976. The summed E-state index contributed by atoms with van der Waals surface area (Å²) in [6.45, 7) is 7.00. The number of hydrogen-bond donors (Lipinski definition) is 1. The minimum atomic E-state index is -0.481. The average molecular weight is 262 g/mol. The van der Waals surface area contributed by atoms with Crippen molar-refractivity contribution in [2.75, 3.05) is 11.9 Å². The molecule has 2 unspecified atom stereocenters. The van der Waals surface area contributed by atoms with Crippen LogP contribution in [0.3, 0.4) is 0 Å². The molecule has 0 aliphatic heterocycles. The summed E-state index contributed by atoms with van der Waals surface area (Å²) in [4.78, 5) is 0. The summed E-state index contributed by atoms with van der Waals surface area (Å²) in [7, 11) is 0. The molecule has 4 heteroatoms. The number of rotatable bonds is 4. The molecule has 1 N–H and O–H groups in total. The molecule has 0 amide bonds. The maximum absolute atomic E-state index is 13.5. The van der Waals surface area contributed by atoms with E-state index in [1.165, 1.54) is 12.1 Å². The molecule has 0 spiro atoms. The van der Waals surface area contributed by atoms with Crippen molar-refractivity contribution in [1.29, 1.82) is 5.26 Å². The highest BCUT2D eigenvalue weighted by molar-refractivity contribution is 5.49. The third-order valence-electron chi connectivity index (χ3n) is 3.98. The molecule has 0 radical (unpaired) electrons. The first-order chi connectivity index (χ1) is 8.98. The molecule has 2 rings (SSSR count). The van der Waals surface area contributed by atoms with Gasteiger partial charge in [-0.1, -0.05) is 13.8 Å². The van der Waals surface area contributed by atoms with Crippen molar-refractivity contribution in [2.45, 2.75) is 39.3 Å². The summed E-state index contributed by atoms with van der Waals surface area (Å²) in [5, 5.41) is 12.0. The van der Waals surface area contributed by atoms with E-state index in [2.05, 4.69) is 19.2 Å². The molecule has 0 heterocycles. The SMILES string of the molecule is CCOC1CC(Nc2ccc(C#N)c(F)c2)C1(C)C. The number of nitriles is 1. The van der Waals surface area contributed by atoms with E-state index in [-0.39, 0.29) is 23.1 Å². The zero-order valence-electron chi connectivity index (χ0n) is 11.5. The molecule has 0 bridgehead atoms. The second-order valence-electron chi connectivity index (χ2n) is 5.50. The number of halogens is 1. The summed E-state index contributed by atoms with van der Waals surface area (Å²) in [6, 6.07) is 6.70. The van der Waals surface area contributed by atoms with Crippen LogP contribution in [-0.4, -0.2) is 18.8 Å². The van der Waals surface area contributed by atoms with Crippen molar-refractivity contribution in [1.82, 2.24) is 0 Å². The third kappa shape index (κ3) is 2.57. The Morgan fingerprint density at radius 2 is 2.26 bits per heavy atom. The lowest BCUT2D eigenvalue weighted by Gasteiger charge is -2.52. The van der Waals surface area contributed by atoms with Crippen LogP contribution in [0.4, 0.5) is 10.1 Å². The van der Waals surface area contributed by atoms with Gasteiger partial charge in [0, 0.05) is 23.8 Å². The topological polar surface area (TPSA) is 45.0 Å². The molecular formula is C15H19FN2O. The van der Waals surface area contributed by atoms with E-state index < -0.39 is 5.82 Å². The standard InChI is InChI=1S/C15H19FN2O/c1-4-19-14-8-13(15(14,2)3)18-11-6-5-10(9-17)12(16)7-11/h5-7,13-14,18H,4,8H2,1-3H3. The van der Waals surface area contributed by atoms with Crippen molar-refractivity contribution in [3.05, 3.63) is 29.6 Å². The van der Waals surface area contributed by atoms with Gasteiger partial charge in [0.1, 0.15) is 11.9 Å². The molecule has 102 valence electrons. The van der Waals surface area contributed by atoms with Crippen LogP contribution in [0.5, 0.6) is 0 Å². The van der Waals surface area contributed by atoms with Gasteiger partial charge >= 0.3 is 0 Å². The number of benzene rings is 1. The first-order valence-electron chi connectivity index (χ1n) is 6.56. The molecule has 3 nitrogen and oxygen atoms in total. The van der Waals surface area contributed by atoms with Gasteiger partial charge < -0.3 is 10.1 Å². The van der Waals surface area contributed by atoms with Gasteiger partial charge in [-0.05, 0) is 31.5 Å². The van der Waals surface area contributed by atoms with Crippen LogP contribution in [0, 0.1) is 22.6 Å². The Kier molecular flexibility index (Phi) is 3.77. The molecule has 2 atom stereocenters. The zero-order valence-corrected chi connectivity index (χ0v) is 11.5. The Morgan fingerprint density at radius 1 is 1.53 bits per heavy atom. The van der Waals surface area contributed by atoms with Crippen LogP contribution >= 0.6 is 0 Å². The van der Waals surface area contributed by atoms with Crippen LogP contribution < -0.4 is 5.32 Å². The van der Waals surface area contributed by atoms with Crippen LogP contribution in [-0.2, 0) is 4.74 Å². The van der Waals surface area contributed by atoms with Crippen molar-refractivity contribution < 1.29 is 9.13 Å². The van der Waals surface area contributed by atoms with Gasteiger partial charge in [0.05, 0.1) is 11.7 Å². The minimum Gasteiger partial charge on any atom is -0.381 e. The molecule has 1 fully saturated rings. The quantitative estimate of drug-likeness (QED) is 0.905. The predicted molar refractivity (Wildman–Crippen MR) is 72.3 cm³/mol. The lowest BCUT2D eigenvalue weighted by atomic mass is 9.64. The van der Waals surface area contributed by atoms with E-state index in [4.69, 9.17) is 10.00 Å². The Morgan fingerprint density at radius 3 is 2.79 bits per heavy atom. The Bertz CT molecular complexity index is 507. The number of hydrogen-bond acceptors (Lipinski definition) is 3. The van der Waals surface area contributed by atoms with E-state index in [1.54, 1.807) is 6.07 Å². The third-order valence-corrected chi connectivity index (χ3v) is 3.98. The highest BCUT2D eigenvalue weighted by Crippen LogP contribution is 2.44. The van der Waals surface area contributed by atoms with E-state index >= 15 is 0 Å². The van der Waals surface area contributed by atoms with Gasteiger partial charge in [-0.2, -0.15) is 5.26 Å². The molecule has 1 aromatic carbocycles. The van der Waals surface area contributed by atoms with Gasteiger partial charge in [-0.25, -0.2) is 4.39 Å². The van der Waals surface area contributed by atoms with E-state index in [0.29, 0.717) is 12.3 Å². The van der Waals surface area contributed by atoms with E-state index in [0.717, 1.165) is 6.42 Å². The Hall–Kier alpha value is -1.60. The van der Waals surface area contributed by atoms with E-state index in [9.17, 15) is 4.39 Å². The molecular weight excluding hydrogens is 243 g/mol. The number of nitrogens with zero attached hydrogens (tertiary/aromatic N) is 1. The second kappa shape index (κ2) is 5.18. The van der Waals surface area contributed by atoms with Crippen LogP contribution in [0.15, 0.2) is 18.2 Å². The molecule has 1 saturated carbocycles. The fourth-order valence-corrected chi connectivity index (χ4v) is 2.51. The van der Waals surface area contributed by atoms with Gasteiger partial charge in [0.15, 0.2) is 0 Å². The highest BCUT2D eigenvalue weighted by Gasteiger charge is 2.48. The van der Waals surface area contributed by atoms with Gasteiger partial charge in [-0.3, -0.25) is 0 Å². The normalized spacial score (nSPS) is 24.4. The molecule has 0 aromatic heterocycles. The van der Waals surface area contributed by atoms with Crippen molar-refractivity contribution in [2.24, 2.45) is 5.41 Å². The van der Waals surface area contributed by atoms with Crippen molar-refractivity contribution in [3.8, 4) is 6.07 Å². The first-order valence-corrected chi connectivity index (χ1v) is 6.56. The first kappa shape index (κ1) is 13.8. The zero-order chi connectivity index (χ0) is 14.0. The number of ether oxygens (including phenoxy) is 1. The van der Waals surface area contributed by atoms with Crippen LogP contribution in [0.1, 0.15) is 32.8 Å². The predicted octanol–water partition coefficient (Wildman–Crippen LogP) is 3.31. The minimum absolute atomic E-state index is 0.0282. The number of anilines is 1. The fraction of sp³-hybridized carbons (Fsp3) is 0.533. The van der Waals surface area contributed by atoms with Gasteiger partial charge in [0.2, 0.25) is 0 Å². The fourth-order valence-electron chi connectivity index (χ4n) is 2.51. The summed E-state index contributed by atoms with van der Waals surface area (Å²) < 4.78 is 19.2. The van der Waals surface area contributed by atoms with Gasteiger partial charge in [-0.15, -0.1) is 0 Å². The largest absolute Gasteiger partial charge is 0.381 e. The highest BCUT2D eigenvalue weighted by atomic mass is 19.1. The summed E-state index contributed by atoms with van der Waals surface area (Å²) in [6.07, 6.45) is 1.17. The molecule has 1 aliphatic rings. The van der Waals surface area contributed by atoms with Crippen LogP contribution in [0.2, 0.25) is 0 Å². The van der Waals surface area contributed by atoms with Gasteiger partial charge in [0.25, 0.3) is 0 Å². The Balaban J connectivity index is 2.04. The molecule has 1 aromatic rings. The summed E-state index contributed by atoms with van der Waals surface area (Å²) in [5.74, 6) is -0.481. The monoisotopic (exact) mass is 262 g/mol. The maximum Gasteiger partial charge on any atom is 0.143 e. The molecule has 0 saturated heterocycles. The van der Waals surface area contributed by atoms with Crippen molar-refractivity contribution in [3.63, 3.8) is 0 Å². The Labute approximate surface area is 113 Å². The summed E-state index contributed by atoms with van der Waals surface area (Å²) in [5.41, 5.74) is 0.815. The van der Waals surface area contributed by atoms with Crippen LogP contribution in [0.25, 0.3) is 0 Å².